The molecular weight excluding hydrogens is 522 g/mol. The predicted octanol–water partition coefficient (Wildman–Crippen LogP) is 7.55. The summed E-state index contributed by atoms with van der Waals surface area (Å²) in [6.07, 6.45) is 20.8. The number of nitrogen functional groups attached to an aromatic ring is 1. The molecule has 0 aromatic heterocycles. The molecule has 0 aliphatic heterocycles. The standard InChI is InChI=1S/C32H51N3O4S/c1-2-3-4-5-6-7-8-9-10-11-12-13-14-15-16-19-24-34-32(37)27-22-23-28(26-36)30(25-27)35-40(38,39)31-21-18-17-20-29(31)33/h17-18,20-23,25,35-36H,2-16,19,24,26,33H2,1H3,(H,34,37). The number of hydrogen-bond acceptors (Lipinski definition) is 5. The Balaban J connectivity index is 1.61. The van der Waals surface area contributed by atoms with E-state index in [0.29, 0.717) is 17.7 Å². The molecule has 0 fully saturated rings. The van der Waals surface area contributed by atoms with Crippen LogP contribution in [0, 0.1) is 0 Å². The van der Waals surface area contributed by atoms with Crippen molar-refractivity contribution in [3.8, 4) is 0 Å². The highest BCUT2D eigenvalue weighted by Crippen LogP contribution is 2.25. The second kappa shape index (κ2) is 19.5. The molecule has 2 rings (SSSR count). The van der Waals surface area contributed by atoms with Crippen molar-refractivity contribution in [2.24, 2.45) is 0 Å². The van der Waals surface area contributed by atoms with E-state index < -0.39 is 10.0 Å². The number of rotatable bonds is 22. The minimum absolute atomic E-state index is 0.0581. The van der Waals surface area contributed by atoms with Gasteiger partial charge in [-0.3, -0.25) is 9.52 Å². The van der Waals surface area contributed by atoms with Crippen LogP contribution in [-0.4, -0.2) is 26.0 Å². The minimum Gasteiger partial charge on any atom is -0.398 e. The van der Waals surface area contributed by atoms with Gasteiger partial charge in [0.15, 0.2) is 0 Å². The highest BCUT2D eigenvalue weighted by Gasteiger charge is 2.19. The highest BCUT2D eigenvalue weighted by molar-refractivity contribution is 7.92. The van der Waals surface area contributed by atoms with Crippen molar-refractivity contribution in [3.63, 3.8) is 0 Å². The van der Waals surface area contributed by atoms with Gasteiger partial charge >= 0.3 is 0 Å². The van der Waals surface area contributed by atoms with Crippen LogP contribution in [0.15, 0.2) is 47.4 Å². The molecule has 0 spiro atoms. The number of unbranched alkanes of at least 4 members (excludes halogenated alkanes) is 15. The molecule has 7 nitrogen and oxygen atoms in total. The van der Waals surface area contributed by atoms with E-state index in [9.17, 15) is 18.3 Å². The number of anilines is 2. The Morgan fingerprint density at radius 1 is 0.775 bits per heavy atom. The van der Waals surface area contributed by atoms with Crippen LogP contribution in [-0.2, 0) is 16.6 Å². The van der Waals surface area contributed by atoms with Gasteiger partial charge in [0.2, 0.25) is 0 Å². The van der Waals surface area contributed by atoms with Crippen molar-refractivity contribution < 1.29 is 18.3 Å². The normalized spacial score (nSPS) is 11.4. The average Bonchev–Trinajstić information content (AvgIpc) is 2.94. The van der Waals surface area contributed by atoms with E-state index in [1.54, 1.807) is 24.3 Å². The van der Waals surface area contributed by atoms with Gasteiger partial charge in [-0.2, -0.15) is 0 Å². The average molecular weight is 574 g/mol. The molecular formula is C32H51N3O4S. The van der Waals surface area contributed by atoms with Crippen LogP contribution in [0.2, 0.25) is 0 Å². The van der Waals surface area contributed by atoms with Gasteiger partial charge in [0.05, 0.1) is 18.0 Å². The van der Waals surface area contributed by atoms with E-state index in [4.69, 9.17) is 5.73 Å². The fraction of sp³-hybridized carbons (Fsp3) is 0.594. The van der Waals surface area contributed by atoms with E-state index in [1.807, 2.05) is 0 Å². The molecule has 2 aromatic rings. The summed E-state index contributed by atoms with van der Waals surface area (Å²) >= 11 is 0. The van der Waals surface area contributed by atoms with E-state index in [-0.39, 0.29) is 28.8 Å². The monoisotopic (exact) mass is 573 g/mol. The van der Waals surface area contributed by atoms with Crippen LogP contribution >= 0.6 is 0 Å². The molecule has 40 heavy (non-hydrogen) atoms. The Labute approximate surface area is 242 Å². The summed E-state index contributed by atoms with van der Waals surface area (Å²) in [5.41, 5.74) is 6.80. The van der Waals surface area contributed by atoms with Crippen molar-refractivity contribution in [2.75, 3.05) is 17.0 Å². The number of carbonyl (C=O) groups is 1. The molecule has 8 heteroatoms. The first-order valence-electron chi connectivity index (χ1n) is 15.3. The Hall–Kier alpha value is -2.58. The molecule has 0 radical (unpaired) electrons. The number of aliphatic hydroxyl groups excluding tert-OH is 1. The lowest BCUT2D eigenvalue weighted by Crippen LogP contribution is -2.25. The molecule has 0 aliphatic rings. The Kier molecular flexibility index (Phi) is 16.4. The number of nitrogens with two attached hydrogens (primary N) is 1. The van der Waals surface area contributed by atoms with E-state index >= 15 is 0 Å². The van der Waals surface area contributed by atoms with Crippen LogP contribution in [0.3, 0.4) is 0 Å². The molecule has 0 bridgehead atoms. The van der Waals surface area contributed by atoms with E-state index in [2.05, 4.69) is 17.0 Å². The maximum Gasteiger partial charge on any atom is 0.263 e. The largest absolute Gasteiger partial charge is 0.398 e. The number of sulfonamides is 1. The number of aliphatic hydroxyl groups is 1. The zero-order valence-corrected chi connectivity index (χ0v) is 25.2. The minimum atomic E-state index is -3.98. The lowest BCUT2D eigenvalue weighted by molar-refractivity contribution is 0.0953. The highest BCUT2D eigenvalue weighted by atomic mass is 32.2. The second-order valence-electron chi connectivity index (χ2n) is 10.7. The lowest BCUT2D eigenvalue weighted by Gasteiger charge is -2.14. The first kappa shape index (κ1) is 33.6. The fourth-order valence-electron chi connectivity index (χ4n) is 4.85. The zero-order valence-electron chi connectivity index (χ0n) is 24.4. The van der Waals surface area contributed by atoms with Crippen LogP contribution in [0.1, 0.15) is 126 Å². The van der Waals surface area contributed by atoms with Crippen molar-refractivity contribution in [2.45, 2.75) is 121 Å². The zero-order chi connectivity index (χ0) is 29.1. The molecule has 2 aromatic carbocycles. The molecule has 0 unspecified atom stereocenters. The number of carbonyl (C=O) groups excluding carboxylic acids is 1. The number of hydrogen-bond donors (Lipinski definition) is 4. The van der Waals surface area contributed by atoms with Gasteiger partial charge < -0.3 is 16.2 Å². The van der Waals surface area contributed by atoms with Gasteiger partial charge in [-0.1, -0.05) is 121 Å². The molecule has 0 aliphatic carbocycles. The summed E-state index contributed by atoms with van der Waals surface area (Å²) in [5, 5.41) is 12.6. The van der Waals surface area contributed by atoms with Crippen LogP contribution in [0.25, 0.3) is 0 Å². The van der Waals surface area contributed by atoms with Crippen molar-refractivity contribution in [1.29, 1.82) is 0 Å². The molecule has 0 saturated carbocycles. The first-order chi connectivity index (χ1) is 19.4. The number of para-hydroxylation sites is 1. The van der Waals surface area contributed by atoms with Gasteiger partial charge in [0, 0.05) is 17.7 Å². The molecule has 224 valence electrons. The SMILES string of the molecule is CCCCCCCCCCCCCCCCCCNC(=O)c1ccc(CO)c(NS(=O)(=O)c2ccccc2N)c1. The van der Waals surface area contributed by atoms with Gasteiger partial charge in [0.25, 0.3) is 15.9 Å². The Morgan fingerprint density at radius 2 is 1.30 bits per heavy atom. The van der Waals surface area contributed by atoms with Gasteiger partial charge in [-0.05, 0) is 30.7 Å². The maximum atomic E-state index is 12.8. The van der Waals surface area contributed by atoms with Crippen LogP contribution in [0.4, 0.5) is 11.4 Å². The quantitative estimate of drug-likeness (QED) is 0.0856. The smallest absolute Gasteiger partial charge is 0.263 e. The third kappa shape index (κ3) is 12.7. The molecule has 5 N–H and O–H groups in total. The molecule has 0 atom stereocenters. The van der Waals surface area contributed by atoms with Gasteiger partial charge in [-0.25, -0.2) is 8.42 Å². The fourth-order valence-corrected chi connectivity index (χ4v) is 6.08. The topological polar surface area (TPSA) is 122 Å². The maximum absolute atomic E-state index is 12.8. The molecule has 0 heterocycles. The number of amides is 1. The Morgan fingerprint density at radius 3 is 1.82 bits per heavy atom. The van der Waals surface area contributed by atoms with Crippen molar-refractivity contribution >= 4 is 27.3 Å². The summed E-state index contributed by atoms with van der Waals surface area (Å²) in [5.74, 6) is -0.273. The van der Waals surface area contributed by atoms with Gasteiger partial charge in [-0.15, -0.1) is 0 Å². The van der Waals surface area contributed by atoms with Crippen molar-refractivity contribution in [3.05, 3.63) is 53.6 Å². The van der Waals surface area contributed by atoms with Crippen molar-refractivity contribution in [1.82, 2.24) is 5.32 Å². The summed E-state index contributed by atoms with van der Waals surface area (Å²) in [6, 6.07) is 10.7. The first-order valence-corrected chi connectivity index (χ1v) is 16.8. The predicted molar refractivity (Wildman–Crippen MR) is 166 cm³/mol. The summed E-state index contributed by atoms with van der Waals surface area (Å²) in [4.78, 5) is 12.6. The summed E-state index contributed by atoms with van der Waals surface area (Å²) < 4.78 is 28.2. The number of nitrogens with one attached hydrogen (secondary N) is 2. The summed E-state index contributed by atoms with van der Waals surface area (Å²) in [7, 11) is -3.98. The van der Waals surface area contributed by atoms with Gasteiger partial charge in [0.1, 0.15) is 4.90 Å². The van der Waals surface area contributed by atoms with Crippen LogP contribution < -0.4 is 15.8 Å². The number of benzene rings is 2. The van der Waals surface area contributed by atoms with E-state index in [0.717, 1.165) is 12.8 Å². The Bertz CT molecular complexity index is 1110. The molecule has 0 saturated heterocycles. The lowest BCUT2D eigenvalue weighted by atomic mass is 10.0. The second-order valence-corrected chi connectivity index (χ2v) is 12.4. The molecule has 1 amide bonds. The third-order valence-corrected chi connectivity index (χ3v) is 8.75. The summed E-state index contributed by atoms with van der Waals surface area (Å²) in [6.45, 7) is 2.46. The third-order valence-electron chi connectivity index (χ3n) is 7.31. The van der Waals surface area contributed by atoms with E-state index in [1.165, 1.54) is 108 Å². The van der Waals surface area contributed by atoms with Crippen LogP contribution in [0.5, 0.6) is 0 Å².